The highest BCUT2D eigenvalue weighted by molar-refractivity contribution is 8.10. The van der Waals surface area contributed by atoms with Gasteiger partial charge in [0, 0.05) is 24.1 Å². The summed E-state index contributed by atoms with van der Waals surface area (Å²) in [6.07, 6.45) is 0. The van der Waals surface area contributed by atoms with Gasteiger partial charge >= 0.3 is 0 Å². The van der Waals surface area contributed by atoms with Gasteiger partial charge in [-0.15, -0.1) is 0 Å². The lowest BCUT2D eigenvalue weighted by Gasteiger charge is -1.85. The minimum Gasteiger partial charge on any atom is -0.394 e. The van der Waals surface area contributed by atoms with E-state index < -0.39 is 0 Å². The predicted molar refractivity (Wildman–Crippen MR) is 50.8 cm³/mol. The molecule has 11 heavy (non-hydrogen) atoms. The monoisotopic (exact) mass is 196 g/mol. The fraction of sp³-hybridized carbons (Fsp3) is 0.333. The Morgan fingerprint density at radius 3 is 1.64 bits per heavy atom. The van der Waals surface area contributed by atoms with Gasteiger partial charge in [0.15, 0.2) is 0 Å². The zero-order valence-electron chi connectivity index (χ0n) is 6.10. The number of aliphatic hydroxyl groups excluding tert-OH is 2. The summed E-state index contributed by atoms with van der Waals surface area (Å²) in [6.45, 7) is 6.60. The molecule has 0 heterocycles. The first-order valence-corrected chi connectivity index (χ1v) is 4.36. The Bertz CT molecular complexity index is 77.9. The minimum absolute atomic E-state index is 0.125. The van der Waals surface area contributed by atoms with Crippen LogP contribution in [0.25, 0.3) is 0 Å². The van der Waals surface area contributed by atoms with Crippen LogP contribution in [0.5, 0.6) is 0 Å². The van der Waals surface area contributed by atoms with Crippen LogP contribution in [0.1, 0.15) is 0 Å². The molecule has 0 aromatic rings. The van der Waals surface area contributed by atoms with Gasteiger partial charge in [0.1, 0.15) is 0 Å². The van der Waals surface area contributed by atoms with Crippen LogP contribution in [0.4, 0.5) is 0 Å². The van der Waals surface area contributed by atoms with Crippen molar-refractivity contribution in [3.8, 4) is 0 Å². The van der Waals surface area contributed by atoms with Gasteiger partial charge in [-0.2, -0.15) is 0 Å². The van der Waals surface area contributed by atoms with E-state index in [2.05, 4.69) is 13.2 Å². The zero-order chi connectivity index (χ0) is 8.95. The Balaban J connectivity index is 0. The summed E-state index contributed by atoms with van der Waals surface area (Å²) in [6, 6.07) is 0. The first-order valence-electron chi connectivity index (χ1n) is 2.75. The zero-order valence-corrected chi connectivity index (χ0v) is 7.74. The summed E-state index contributed by atoms with van der Waals surface area (Å²) in [5, 5.41) is 18.5. The van der Waals surface area contributed by atoms with Crippen molar-refractivity contribution in [2.24, 2.45) is 0 Å². The maximum absolute atomic E-state index is 7.62. The Hall–Kier alpha value is 0.0600. The van der Waals surface area contributed by atoms with Gasteiger partial charge < -0.3 is 10.2 Å². The van der Waals surface area contributed by atoms with Gasteiger partial charge in [0.05, 0.1) is 13.2 Å². The van der Waals surface area contributed by atoms with E-state index in [-0.39, 0.29) is 13.2 Å². The highest BCUT2D eigenvalue weighted by Crippen LogP contribution is 2.14. The van der Waals surface area contributed by atoms with Crippen LogP contribution in [0.2, 0.25) is 0 Å². The Labute approximate surface area is 75.6 Å². The van der Waals surface area contributed by atoms with Gasteiger partial charge in [-0.1, -0.05) is 13.2 Å². The van der Waals surface area contributed by atoms with Crippen molar-refractivity contribution < 1.29 is 13.8 Å². The largest absolute Gasteiger partial charge is 0.394 e. The van der Waals surface area contributed by atoms with Crippen LogP contribution in [0, 0.1) is 0 Å². The van der Waals surface area contributed by atoms with Crippen molar-refractivity contribution in [2.45, 2.75) is 0 Å². The van der Waals surface area contributed by atoms with Crippen LogP contribution in [0.15, 0.2) is 24.0 Å². The van der Waals surface area contributed by atoms with Crippen LogP contribution in [0.3, 0.4) is 0 Å². The molecule has 0 fully saturated rings. The SMILES string of the molecule is C=CSOSC=C.OCCO. The van der Waals surface area contributed by atoms with Crippen molar-refractivity contribution in [3.63, 3.8) is 0 Å². The second-order valence-corrected chi connectivity index (χ2v) is 2.64. The van der Waals surface area contributed by atoms with Crippen LogP contribution < -0.4 is 0 Å². The Morgan fingerprint density at radius 1 is 1.09 bits per heavy atom. The molecule has 0 bridgehead atoms. The third-order valence-electron chi connectivity index (χ3n) is 0.315. The Morgan fingerprint density at radius 2 is 1.45 bits per heavy atom. The summed E-state index contributed by atoms with van der Waals surface area (Å²) >= 11 is 2.38. The van der Waals surface area contributed by atoms with Crippen LogP contribution >= 0.6 is 24.1 Å². The highest BCUT2D eigenvalue weighted by atomic mass is 32.2. The molecule has 0 amide bonds. The molecule has 0 aliphatic heterocycles. The maximum atomic E-state index is 7.62. The normalized spacial score (nSPS) is 7.82. The molecule has 0 aromatic carbocycles. The smallest absolute Gasteiger partial charge is 0.0662 e. The molecule has 5 heteroatoms. The number of hydrogen-bond donors (Lipinski definition) is 2. The molecular weight excluding hydrogens is 184 g/mol. The maximum Gasteiger partial charge on any atom is 0.0662 e. The lowest BCUT2D eigenvalue weighted by Crippen LogP contribution is -1.85. The van der Waals surface area contributed by atoms with Gasteiger partial charge in [0.2, 0.25) is 0 Å². The van der Waals surface area contributed by atoms with Crippen molar-refractivity contribution in [3.05, 3.63) is 24.0 Å². The number of rotatable bonds is 5. The molecule has 2 N–H and O–H groups in total. The van der Waals surface area contributed by atoms with Gasteiger partial charge in [-0.05, 0) is 10.8 Å². The molecule has 0 spiro atoms. The lowest BCUT2D eigenvalue weighted by molar-refractivity contribution is 0.186. The van der Waals surface area contributed by atoms with E-state index in [4.69, 9.17) is 13.8 Å². The standard InChI is InChI=1S/C4H6OS2.C2H6O2/c1-3-6-5-7-4-2;3-1-2-4/h3-4H,1-2H2;3-4H,1-2H2. The van der Waals surface area contributed by atoms with Gasteiger partial charge in [-0.25, -0.2) is 3.63 Å². The van der Waals surface area contributed by atoms with Crippen LogP contribution in [-0.2, 0) is 3.63 Å². The number of hydrogen-bond acceptors (Lipinski definition) is 5. The topological polar surface area (TPSA) is 49.7 Å². The summed E-state index contributed by atoms with van der Waals surface area (Å²) in [7, 11) is 0. The van der Waals surface area contributed by atoms with E-state index in [0.717, 1.165) is 0 Å². The molecule has 0 saturated carbocycles. The van der Waals surface area contributed by atoms with Crippen molar-refractivity contribution in [1.82, 2.24) is 0 Å². The third kappa shape index (κ3) is 25.5. The fourth-order valence-corrected chi connectivity index (χ4v) is 0.704. The second kappa shape index (κ2) is 16.6. The summed E-state index contributed by atoms with van der Waals surface area (Å²) in [5.74, 6) is 0. The first kappa shape index (κ1) is 13.6. The van der Waals surface area contributed by atoms with Crippen molar-refractivity contribution in [2.75, 3.05) is 13.2 Å². The second-order valence-electron chi connectivity index (χ2n) is 1.04. The molecule has 0 aromatic heterocycles. The van der Waals surface area contributed by atoms with Gasteiger partial charge in [-0.3, -0.25) is 0 Å². The predicted octanol–water partition coefficient (Wildman–Crippen LogP) is 1.56. The molecule has 0 atom stereocenters. The quantitative estimate of drug-likeness (QED) is 0.516. The van der Waals surface area contributed by atoms with E-state index >= 15 is 0 Å². The number of aliphatic hydroxyl groups is 2. The third-order valence-corrected chi connectivity index (χ3v) is 1.22. The molecule has 0 rings (SSSR count). The van der Waals surface area contributed by atoms with E-state index in [0.29, 0.717) is 0 Å². The van der Waals surface area contributed by atoms with Crippen molar-refractivity contribution >= 4 is 24.1 Å². The summed E-state index contributed by atoms with van der Waals surface area (Å²) < 4.78 is 4.73. The lowest BCUT2D eigenvalue weighted by atomic mass is 10.8. The molecule has 0 aliphatic carbocycles. The minimum atomic E-state index is -0.125. The van der Waals surface area contributed by atoms with E-state index in [1.54, 1.807) is 10.8 Å². The Kier molecular flexibility index (Phi) is 20.5. The molecule has 0 radical (unpaired) electrons. The molecule has 0 saturated heterocycles. The first-order chi connectivity index (χ1) is 5.33. The highest BCUT2D eigenvalue weighted by Gasteiger charge is 1.74. The van der Waals surface area contributed by atoms with E-state index in [1.807, 2.05) is 0 Å². The fourth-order valence-electron chi connectivity index (χ4n) is 0.0782. The molecule has 0 aliphatic rings. The van der Waals surface area contributed by atoms with Gasteiger partial charge in [0.25, 0.3) is 0 Å². The summed E-state index contributed by atoms with van der Waals surface area (Å²) in [4.78, 5) is 0. The van der Waals surface area contributed by atoms with E-state index in [9.17, 15) is 0 Å². The summed E-state index contributed by atoms with van der Waals surface area (Å²) in [5.41, 5.74) is 0. The average Bonchev–Trinajstić information content (AvgIpc) is 2.06. The van der Waals surface area contributed by atoms with Crippen LogP contribution in [-0.4, -0.2) is 23.4 Å². The molecule has 66 valence electrons. The molecule has 3 nitrogen and oxygen atoms in total. The van der Waals surface area contributed by atoms with E-state index in [1.165, 1.54) is 24.1 Å². The molecule has 0 unspecified atom stereocenters. The van der Waals surface area contributed by atoms with Crippen molar-refractivity contribution in [1.29, 1.82) is 0 Å². The molecular formula is C6H12O3S2. The average molecular weight is 196 g/mol.